The van der Waals surface area contributed by atoms with Crippen LogP contribution in [0.3, 0.4) is 0 Å². The molecule has 0 radical (unpaired) electrons. The van der Waals surface area contributed by atoms with Crippen molar-refractivity contribution in [1.82, 2.24) is 0 Å². The SMILES string of the molecule is CC1CC1CCBr. The van der Waals surface area contributed by atoms with Gasteiger partial charge >= 0.3 is 0 Å². The van der Waals surface area contributed by atoms with Crippen LogP contribution >= 0.6 is 15.9 Å². The summed E-state index contributed by atoms with van der Waals surface area (Å²) >= 11 is 3.42. The maximum Gasteiger partial charge on any atom is 0.00340 e. The molecule has 1 rings (SSSR count). The van der Waals surface area contributed by atoms with Gasteiger partial charge in [0.15, 0.2) is 0 Å². The lowest BCUT2D eigenvalue weighted by Crippen LogP contribution is -1.77. The van der Waals surface area contributed by atoms with Crippen molar-refractivity contribution >= 4 is 15.9 Å². The Morgan fingerprint density at radius 2 is 2.29 bits per heavy atom. The molecular weight excluding hydrogens is 152 g/mol. The highest BCUT2D eigenvalue weighted by atomic mass is 79.9. The summed E-state index contributed by atoms with van der Waals surface area (Å²) in [7, 11) is 0. The minimum Gasteiger partial charge on any atom is -0.0928 e. The fourth-order valence-electron chi connectivity index (χ4n) is 0.941. The van der Waals surface area contributed by atoms with E-state index in [1.165, 1.54) is 18.2 Å². The van der Waals surface area contributed by atoms with Crippen molar-refractivity contribution in [2.75, 3.05) is 5.33 Å². The first-order chi connectivity index (χ1) is 3.34. The molecule has 0 spiro atoms. The third-order valence-electron chi connectivity index (χ3n) is 1.76. The van der Waals surface area contributed by atoms with E-state index in [2.05, 4.69) is 22.9 Å². The summed E-state index contributed by atoms with van der Waals surface area (Å²) in [6.07, 6.45) is 2.87. The zero-order valence-corrected chi connectivity index (χ0v) is 6.24. The van der Waals surface area contributed by atoms with E-state index in [0.29, 0.717) is 0 Å². The maximum absolute atomic E-state index is 3.42. The Labute approximate surface area is 53.4 Å². The van der Waals surface area contributed by atoms with E-state index < -0.39 is 0 Å². The minimum absolute atomic E-state index is 1.04. The van der Waals surface area contributed by atoms with Gasteiger partial charge in [-0.05, 0) is 24.7 Å². The van der Waals surface area contributed by atoms with Crippen LogP contribution in [-0.2, 0) is 0 Å². The first kappa shape index (κ1) is 5.61. The predicted molar refractivity (Wildman–Crippen MR) is 35.7 cm³/mol. The van der Waals surface area contributed by atoms with Crippen molar-refractivity contribution in [3.63, 3.8) is 0 Å². The number of hydrogen-bond donors (Lipinski definition) is 0. The van der Waals surface area contributed by atoms with Crippen LogP contribution in [0.15, 0.2) is 0 Å². The summed E-state index contributed by atoms with van der Waals surface area (Å²) in [5.74, 6) is 2.11. The van der Waals surface area contributed by atoms with Crippen molar-refractivity contribution in [3.05, 3.63) is 0 Å². The first-order valence-corrected chi connectivity index (χ1v) is 4.02. The van der Waals surface area contributed by atoms with Crippen LogP contribution in [0, 0.1) is 11.8 Å². The molecule has 0 bridgehead atoms. The van der Waals surface area contributed by atoms with Gasteiger partial charge in [-0.1, -0.05) is 22.9 Å². The lowest BCUT2D eigenvalue weighted by atomic mass is 10.3. The van der Waals surface area contributed by atoms with Gasteiger partial charge in [0.2, 0.25) is 0 Å². The van der Waals surface area contributed by atoms with Gasteiger partial charge in [-0.2, -0.15) is 0 Å². The highest BCUT2D eigenvalue weighted by Crippen LogP contribution is 2.40. The molecule has 7 heavy (non-hydrogen) atoms. The molecule has 0 aromatic heterocycles. The Morgan fingerprint density at radius 1 is 1.71 bits per heavy atom. The zero-order chi connectivity index (χ0) is 5.28. The Bertz CT molecular complexity index is 61.2. The maximum atomic E-state index is 3.42. The molecule has 2 atom stereocenters. The molecule has 0 aromatic rings. The predicted octanol–water partition coefficient (Wildman–Crippen LogP) is 2.43. The van der Waals surface area contributed by atoms with Crippen molar-refractivity contribution in [2.24, 2.45) is 11.8 Å². The van der Waals surface area contributed by atoms with Crippen molar-refractivity contribution in [1.29, 1.82) is 0 Å². The zero-order valence-electron chi connectivity index (χ0n) is 4.65. The Hall–Kier alpha value is 0.480. The average molecular weight is 163 g/mol. The van der Waals surface area contributed by atoms with E-state index in [9.17, 15) is 0 Å². The van der Waals surface area contributed by atoms with E-state index >= 15 is 0 Å². The quantitative estimate of drug-likeness (QED) is 0.548. The van der Waals surface area contributed by atoms with E-state index in [4.69, 9.17) is 0 Å². The minimum atomic E-state index is 1.04. The summed E-state index contributed by atoms with van der Waals surface area (Å²) in [5.41, 5.74) is 0. The first-order valence-electron chi connectivity index (χ1n) is 2.90. The molecule has 0 saturated heterocycles. The van der Waals surface area contributed by atoms with Crippen LogP contribution in [0.1, 0.15) is 19.8 Å². The second-order valence-electron chi connectivity index (χ2n) is 2.45. The Balaban J connectivity index is 1.98. The molecule has 1 fully saturated rings. The van der Waals surface area contributed by atoms with Crippen molar-refractivity contribution in [2.45, 2.75) is 19.8 Å². The van der Waals surface area contributed by atoms with E-state index in [0.717, 1.165) is 11.8 Å². The Morgan fingerprint density at radius 3 is 2.43 bits per heavy atom. The highest BCUT2D eigenvalue weighted by molar-refractivity contribution is 9.09. The van der Waals surface area contributed by atoms with Crippen molar-refractivity contribution < 1.29 is 0 Å². The molecule has 1 saturated carbocycles. The van der Waals surface area contributed by atoms with Crippen LogP contribution < -0.4 is 0 Å². The molecule has 0 aliphatic heterocycles. The van der Waals surface area contributed by atoms with Gasteiger partial charge in [-0.15, -0.1) is 0 Å². The van der Waals surface area contributed by atoms with Gasteiger partial charge in [0.25, 0.3) is 0 Å². The molecule has 1 aliphatic rings. The monoisotopic (exact) mass is 162 g/mol. The third-order valence-corrected chi connectivity index (χ3v) is 2.21. The second kappa shape index (κ2) is 2.17. The molecule has 0 nitrogen and oxygen atoms in total. The van der Waals surface area contributed by atoms with Crippen LogP contribution in [-0.4, -0.2) is 5.33 Å². The van der Waals surface area contributed by atoms with Gasteiger partial charge in [-0.25, -0.2) is 0 Å². The number of alkyl halides is 1. The Kier molecular flexibility index (Phi) is 1.74. The van der Waals surface area contributed by atoms with Crippen LogP contribution in [0.5, 0.6) is 0 Å². The van der Waals surface area contributed by atoms with Gasteiger partial charge in [0.05, 0.1) is 0 Å². The van der Waals surface area contributed by atoms with Gasteiger partial charge in [0.1, 0.15) is 0 Å². The number of rotatable bonds is 2. The molecule has 0 amide bonds. The number of hydrogen-bond acceptors (Lipinski definition) is 0. The molecule has 0 N–H and O–H groups in total. The summed E-state index contributed by atoms with van der Waals surface area (Å²) in [4.78, 5) is 0. The van der Waals surface area contributed by atoms with Crippen LogP contribution in [0.2, 0.25) is 0 Å². The van der Waals surface area contributed by atoms with E-state index in [1.54, 1.807) is 0 Å². The second-order valence-corrected chi connectivity index (χ2v) is 3.24. The molecular formula is C6H11Br. The van der Waals surface area contributed by atoms with E-state index in [1.807, 2.05) is 0 Å². The molecule has 0 aromatic carbocycles. The van der Waals surface area contributed by atoms with Gasteiger partial charge in [0, 0.05) is 5.33 Å². The van der Waals surface area contributed by atoms with Crippen LogP contribution in [0.4, 0.5) is 0 Å². The van der Waals surface area contributed by atoms with Gasteiger partial charge in [-0.3, -0.25) is 0 Å². The smallest absolute Gasteiger partial charge is 0.00340 e. The molecule has 0 heterocycles. The van der Waals surface area contributed by atoms with E-state index in [-0.39, 0.29) is 0 Å². The molecule has 2 unspecified atom stereocenters. The summed E-state index contributed by atoms with van der Waals surface area (Å²) in [6, 6.07) is 0. The molecule has 42 valence electrons. The fraction of sp³-hybridized carbons (Fsp3) is 1.00. The number of halogens is 1. The van der Waals surface area contributed by atoms with Crippen molar-refractivity contribution in [3.8, 4) is 0 Å². The fourth-order valence-corrected chi connectivity index (χ4v) is 1.53. The summed E-state index contributed by atoms with van der Waals surface area (Å²) in [6.45, 7) is 2.33. The highest BCUT2D eigenvalue weighted by Gasteiger charge is 2.30. The lowest BCUT2D eigenvalue weighted by molar-refractivity contribution is 0.733. The third kappa shape index (κ3) is 1.45. The largest absolute Gasteiger partial charge is 0.0928 e. The lowest BCUT2D eigenvalue weighted by Gasteiger charge is -1.85. The average Bonchev–Trinajstić information content (AvgIpc) is 2.22. The van der Waals surface area contributed by atoms with Gasteiger partial charge < -0.3 is 0 Å². The summed E-state index contributed by atoms with van der Waals surface area (Å²) < 4.78 is 0. The normalized spacial score (nSPS) is 38.6. The standard InChI is InChI=1S/C6H11Br/c1-5-4-6(5)2-3-7/h5-6H,2-4H2,1H3. The summed E-state index contributed by atoms with van der Waals surface area (Å²) in [5, 5.41) is 1.20. The van der Waals surface area contributed by atoms with Crippen LogP contribution in [0.25, 0.3) is 0 Å². The molecule has 1 heteroatoms. The molecule has 1 aliphatic carbocycles. The topological polar surface area (TPSA) is 0 Å².